The molecule has 0 bridgehead atoms. The predicted octanol–water partition coefficient (Wildman–Crippen LogP) is 2.15. The summed E-state index contributed by atoms with van der Waals surface area (Å²) in [5.74, 6) is -2.45. The summed E-state index contributed by atoms with van der Waals surface area (Å²) in [7, 11) is -2.54. The summed E-state index contributed by atoms with van der Waals surface area (Å²) in [6.45, 7) is 0. The molecule has 1 rings (SSSR count). The van der Waals surface area contributed by atoms with Crippen LogP contribution in [0.5, 0.6) is 0 Å². The van der Waals surface area contributed by atoms with Crippen LogP contribution in [0.25, 0.3) is 0 Å². The molecule has 1 aromatic carbocycles. The molecule has 0 atom stereocenters. The van der Waals surface area contributed by atoms with Gasteiger partial charge in [-0.2, -0.15) is 0 Å². The zero-order valence-electron chi connectivity index (χ0n) is 10.6. The molecule has 0 amide bonds. The first kappa shape index (κ1) is 16.9. The number of rotatable bonds is 6. The Morgan fingerprint density at radius 3 is 2.45 bits per heavy atom. The smallest absolute Gasteiger partial charge is 0.306 e. The summed E-state index contributed by atoms with van der Waals surface area (Å²) >= 11 is 11.5. The lowest BCUT2D eigenvalue weighted by atomic mass is 10.1. The standard InChI is InChI=1S/C12H12Cl2O5S/c1-19-12(16)4-5-20(17,18)7-11(15)9-3-2-8(13)6-10(9)14/h2-3,6H,4-5,7H2,1H3. The van der Waals surface area contributed by atoms with Gasteiger partial charge in [0.25, 0.3) is 0 Å². The Bertz CT molecular complexity index is 625. The molecule has 0 aromatic heterocycles. The second-order valence-electron chi connectivity index (χ2n) is 3.97. The fraction of sp³-hybridized carbons (Fsp3) is 0.333. The molecule has 0 aliphatic rings. The van der Waals surface area contributed by atoms with E-state index in [0.717, 1.165) is 7.11 Å². The van der Waals surface area contributed by atoms with E-state index in [2.05, 4.69) is 4.74 Å². The fourth-order valence-corrected chi connectivity index (χ4v) is 3.10. The Morgan fingerprint density at radius 2 is 1.90 bits per heavy atom. The number of carbonyl (C=O) groups is 2. The van der Waals surface area contributed by atoms with E-state index in [9.17, 15) is 18.0 Å². The van der Waals surface area contributed by atoms with Crippen molar-refractivity contribution in [1.82, 2.24) is 0 Å². The van der Waals surface area contributed by atoms with Crippen LogP contribution in [0.4, 0.5) is 0 Å². The van der Waals surface area contributed by atoms with Gasteiger partial charge in [-0.15, -0.1) is 0 Å². The Morgan fingerprint density at radius 1 is 1.25 bits per heavy atom. The number of hydrogen-bond donors (Lipinski definition) is 0. The van der Waals surface area contributed by atoms with Crippen LogP contribution in [0.1, 0.15) is 16.8 Å². The van der Waals surface area contributed by atoms with Gasteiger partial charge < -0.3 is 4.74 Å². The maximum Gasteiger partial charge on any atom is 0.306 e. The van der Waals surface area contributed by atoms with Crippen LogP contribution in [0.2, 0.25) is 10.0 Å². The van der Waals surface area contributed by atoms with Gasteiger partial charge in [0.1, 0.15) is 5.75 Å². The molecule has 5 nitrogen and oxygen atoms in total. The zero-order valence-corrected chi connectivity index (χ0v) is 12.9. The summed E-state index contributed by atoms with van der Waals surface area (Å²) in [4.78, 5) is 22.8. The monoisotopic (exact) mass is 338 g/mol. The van der Waals surface area contributed by atoms with E-state index in [-0.39, 0.29) is 17.0 Å². The van der Waals surface area contributed by atoms with Crippen LogP contribution < -0.4 is 0 Å². The van der Waals surface area contributed by atoms with Gasteiger partial charge in [-0.1, -0.05) is 23.2 Å². The van der Waals surface area contributed by atoms with Gasteiger partial charge in [-0.05, 0) is 18.2 Å². The topological polar surface area (TPSA) is 77.5 Å². The molecule has 0 radical (unpaired) electrons. The number of sulfone groups is 1. The molecule has 0 aliphatic carbocycles. The van der Waals surface area contributed by atoms with Crippen LogP contribution in [0.15, 0.2) is 18.2 Å². The molecule has 0 fully saturated rings. The van der Waals surface area contributed by atoms with Gasteiger partial charge in [-0.3, -0.25) is 9.59 Å². The van der Waals surface area contributed by atoms with Crippen LogP contribution in [-0.4, -0.2) is 38.8 Å². The van der Waals surface area contributed by atoms with Crippen molar-refractivity contribution in [3.63, 3.8) is 0 Å². The Labute approximate surface area is 126 Å². The average Bonchev–Trinajstić information content (AvgIpc) is 2.35. The van der Waals surface area contributed by atoms with Crippen molar-refractivity contribution >= 4 is 44.8 Å². The highest BCUT2D eigenvalue weighted by Gasteiger charge is 2.21. The molecule has 0 saturated heterocycles. The van der Waals surface area contributed by atoms with E-state index in [1.54, 1.807) is 0 Å². The van der Waals surface area contributed by atoms with Crippen molar-refractivity contribution < 1.29 is 22.7 Å². The first-order valence-electron chi connectivity index (χ1n) is 5.50. The van der Waals surface area contributed by atoms with Crippen LogP contribution >= 0.6 is 23.2 Å². The molecule has 0 N–H and O–H groups in total. The van der Waals surface area contributed by atoms with E-state index in [1.165, 1.54) is 18.2 Å². The fourth-order valence-electron chi connectivity index (χ4n) is 1.41. The third-order valence-corrected chi connectivity index (χ3v) is 4.50. The molecule has 0 unspecified atom stereocenters. The van der Waals surface area contributed by atoms with Gasteiger partial charge in [0.2, 0.25) is 0 Å². The van der Waals surface area contributed by atoms with Crippen molar-refractivity contribution in [2.24, 2.45) is 0 Å². The molecule has 0 aliphatic heterocycles. The van der Waals surface area contributed by atoms with Gasteiger partial charge in [0, 0.05) is 10.6 Å². The van der Waals surface area contributed by atoms with E-state index < -0.39 is 33.1 Å². The first-order valence-corrected chi connectivity index (χ1v) is 8.08. The Hall–Kier alpha value is -1.11. The summed E-state index contributed by atoms with van der Waals surface area (Å²) < 4.78 is 27.8. The largest absolute Gasteiger partial charge is 0.469 e. The van der Waals surface area contributed by atoms with Crippen molar-refractivity contribution in [2.75, 3.05) is 18.6 Å². The van der Waals surface area contributed by atoms with Crippen molar-refractivity contribution in [3.8, 4) is 0 Å². The first-order chi connectivity index (χ1) is 9.25. The highest BCUT2D eigenvalue weighted by atomic mass is 35.5. The van der Waals surface area contributed by atoms with Gasteiger partial charge in [0.15, 0.2) is 15.6 Å². The quantitative estimate of drug-likeness (QED) is 0.586. The van der Waals surface area contributed by atoms with Gasteiger partial charge in [0.05, 0.1) is 24.3 Å². The number of benzene rings is 1. The summed E-state index contributed by atoms with van der Waals surface area (Å²) in [6.07, 6.45) is -0.291. The molecule has 110 valence electrons. The summed E-state index contributed by atoms with van der Waals surface area (Å²) in [6, 6.07) is 4.17. The highest BCUT2D eigenvalue weighted by molar-refractivity contribution is 7.92. The molecular formula is C12H12Cl2O5S. The molecule has 20 heavy (non-hydrogen) atoms. The normalized spacial score (nSPS) is 11.2. The minimum atomic E-state index is -3.70. The number of methoxy groups -OCH3 is 1. The predicted molar refractivity (Wildman–Crippen MR) is 76.1 cm³/mol. The molecule has 1 aromatic rings. The van der Waals surface area contributed by atoms with Crippen LogP contribution in [-0.2, 0) is 19.4 Å². The lowest BCUT2D eigenvalue weighted by Gasteiger charge is -2.05. The summed E-state index contributed by atoms with van der Waals surface area (Å²) in [5.41, 5.74) is 0.0812. The second kappa shape index (κ2) is 7.06. The highest BCUT2D eigenvalue weighted by Crippen LogP contribution is 2.21. The Balaban J connectivity index is 2.76. The number of hydrogen-bond acceptors (Lipinski definition) is 5. The third kappa shape index (κ3) is 5.11. The van der Waals surface area contributed by atoms with Gasteiger partial charge in [-0.25, -0.2) is 8.42 Å². The average molecular weight is 339 g/mol. The number of halogens is 2. The minimum Gasteiger partial charge on any atom is -0.469 e. The lowest BCUT2D eigenvalue weighted by Crippen LogP contribution is -2.21. The Kier molecular flexibility index (Phi) is 5.98. The van der Waals surface area contributed by atoms with Crippen molar-refractivity contribution in [1.29, 1.82) is 0 Å². The number of Topliss-reactive ketones (excluding diaryl/α,β-unsaturated/α-hetero) is 1. The number of esters is 1. The van der Waals surface area contributed by atoms with E-state index in [4.69, 9.17) is 23.2 Å². The maximum absolute atomic E-state index is 11.9. The molecular weight excluding hydrogens is 327 g/mol. The number of ether oxygens (including phenoxy) is 1. The molecule has 0 spiro atoms. The SMILES string of the molecule is COC(=O)CCS(=O)(=O)CC(=O)c1ccc(Cl)cc1Cl. The number of carbonyl (C=O) groups excluding carboxylic acids is 2. The van der Waals surface area contributed by atoms with E-state index in [0.29, 0.717) is 5.02 Å². The van der Waals surface area contributed by atoms with E-state index >= 15 is 0 Å². The van der Waals surface area contributed by atoms with Crippen molar-refractivity contribution in [2.45, 2.75) is 6.42 Å². The number of ketones is 1. The van der Waals surface area contributed by atoms with Crippen LogP contribution in [0.3, 0.4) is 0 Å². The van der Waals surface area contributed by atoms with E-state index in [1.807, 2.05) is 0 Å². The maximum atomic E-state index is 11.9. The van der Waals surface area contributed by atoms with Gasteiger partial charge >= 0.3 is 5.97 Å². The zero-order chi connectivity index (χ0) is 15.3. The van der Waals surface area contributed by atoms with Crippen molar-refractivity contribution in [3.05, 3.63) is 33.8 Å². The minimum absolute atomic E-state index is 0.0812. The summed E-state index contributed by atoms with van der Waals surface area (Å²) in [5, 5.41) is 0.436. The third-order valence-electron chi connectivity index (χ3n) is 2.43. The molecule has 0 heterocycles. The van der Waals surface area contributed by atoms with Crippen LogP contribution in [0, 0.1) is 0 Å². The molecule has 0 saturated carbocycles. The lowest BCUT2D eigenvalue weighted by molar-refractivity contribution is -0.140. The molecule has 8 heteroatoms. The second-order valence-corrected chi connectivity index (χ2v) is 6.99.